The SMILES string of the molecule is CC(=O)Nc1cccc(NCC(=O)NCc2cccnc2)c1. The van der Waals surface area contributed by atoms with Crippen LogP contribution in [0.25, 0.3) is 0 Å². The van der Waals surface area contributed by atoms with Crippen LogP contribution in [0.2, 0.25) is 0 Å². The third-order valence-electron chi connectivity index (χ3n) is 2.85. The molecular weight excluding hydrogens is 280 g/mol. The molecule has 0 radical (unpaired) electrons. The number of benzene rings is 1. The standard InChI is InChI=1S/C16H18N4O2/c1-12(21)20-15-6-2-5-14(8-15)18-11-16(22)19-10-13-4-3-7-17-9-13/h2-9,18H,10-11H2,1H3,(H,19,22)(H,20,21). The van der Waals surface area contributed by atoms with E-state index in [-0.39, 0.29) is 18.4 Å². The number of hydrogen-bond donors (Lipinski definition) is 3. The summed E-state index contributed by atoms with van der Waals surface area (Å²) in [7, 11) is 0. The van der Waals surface area contributed by atoms with E-state index in [0.717, 1.165) is 11.3 Å². The predicted octanol–water partition coefficient (Wildman–Crippen LogP) is 1.77. The van der Waals surface area contributed by atoms with Gasteiger partial charge in [0, 0.05) is 37.2 Å². The maximum atomic E-state index is 11.8. The van der Waals surface area contributed by atoms with Crippen molar-refractivity contribution in [3.63, 3.8) is 0 Å². The van der Waals surface area contributed by atoms with Crippen LogP contribution in [0.5, 0.6) is 0 Å². The molecule has 0 saturated carbocycles. The van der Waals surface area contributed by atoms with Crippen molar-refractivity contribution in [2.24, 2.45) is 0 Å². The number of carbonyl (C=O) groups is 2. The summed E-state index contributed by atoms with van der Waals surface area (Å²) in [6.45, 7) is 2.05. The number of nitrogens with zero attached hydrogens (tertiary/aromatic N) is 1. The summed E-state index contributed by atoms with van der Waals surface area (Å²) < 4.78 is 0. The molecule has 2 rings (SSSR count). The van der Waals surface area contributed by atoms with Gasteiger partial charge in [-0.3, -0.25) is 14.6 Å². The van der Waals surface area contributed by atoms with Crippen LogP contribution >= 0.6 is 0 Å². The topological polar surface area (TPSA) is 83.1 Å². The van der Waals surface area contributed by atoms with Gasteiger partial charge < -0.3 is 16.0 Å². The summed E-state index contributed by atoms with van der Waals surface area (Å²) >= 11 is 0. The average Bonchev–Trinajstić information content (AvgIpc) is 2.52. The van der Waals surface area contributed by atoms with Gasteiger partial charge in [0.2, 0.25) is 11.8 Å². The number of amides is 2. The third-order valence-corrected chi connectivity index (χ3v) is 2.85. The number of aromatic nitrogens is 1. The smallest absolute Gasteiger partial charge is 0.239 e. The molecule has 0 saturated heterocycles. The first kappa shape index (κ1) is 15.5. The lowest BCUT2D eigenvalue weighted by molar-refractivity contribution is -0.119. The average molecular weight is 298 g/mol. The van der Waals surface area contributed by atoms with E-state index in [4.69, 9.17) is 0 Å². The highest BCUT2D eigenvalue weighted by Gasteiger charge is 2.02. The lowest BCUT2D eigenvalue weighted by Crippen LogP contribution is -2.29. The van der Waals surface area contributed by atoms with Gasteiger partial charge in [0.15, 0.2) is 0 Å². The van der Waals surface area contributed by atoms with Crippen molar-refractivity contribution in [1.82, 2.24) is 10.3 Å². The van der Waals surface area contributed by atoms with E-state index in [9.17, 15) is 9.59 Å². The van der Waals surface area contributed by atoms with Crippen LogP contribution in [0, 0.1) is 0 Å². The lowest BCUT2D eigenvalue weighted by Gasteiger charge is -2.09. The van der Waals surface area contributed by atoms with Gasteiger partial charge in [-0.05, 0) is 29.8 Å². The fraction of sp³-hybridized carbons (Fsp3) is 0.188. The van der Waals surface area contributed by atoms with E-state index in [2.05, 4.69) is 20.9 Å². The van der Waals surface area contributed by atoms with Crippen LogP contribution in [0.15, 0.2) is 48.8 Å². The zero-order valence-corrected chi connectivity index (χ0v) is 12.3. The predicted molar refractivity (Wildman–Crippen MR) is 85.3 cm³/mol. The van der Waals surface area contributed by atoms with Crippen molar-refractivity contribution in [3.8, 4) is 0 Å². The van der Waals surface area contributed by atoms with Crippen LogP contribution in [-0.4, -0.2) is 23.3 Å². The summed E-state index contributed by atoms with van der Waals surface area (Å²) in [5.41, 5.74) is 2.40. The lowest BCUT2D eigenvalue weighted by atomic mass is 10.2. The molecule has 0 spiro atoms. The molecule has 1 aromatic heterocycles. The second-order valence-corrected chi connectivity index (χ2v) is 4.75. The third kappa shape index (κ3) is 5.24. The summed E-state index contributed by atoms with van der Waals surface area (Å²) in [6, 6.07) is 10.9. The molecule has 22 heavy (non-hydrogen) atoms. The highest BCUT2D eigenvalue weighted by atomic mass is 16.2. The highest BCUT2D eigenvalue weighted by molar-refractivity contribution is 5.89. The maximum Gasteiger partial charge on any atom is 0.239 e. The van der Waals surface area contributed by atoms with Crippen molar-refractivity contribution < 1.29 is 9.59 Å². The molecule has 114 valence electrons. The van der Waals surface area contributed by atoms with E-state index in [1.165, 1.54) is 6.92 Å². The Bertz CT molecular complexity index is 644. The fourth-order valence-corrected chi connectivity index (χ4v) is 1.86. The molecule has 1 aromatic carbocycles. The Hall–Kier alpha value is -2.89. The minimum absolute atomic E-state index is 0.117. The number of pyridine rings is 1. The molecule has 0 bridgehead atoms. The van der Waals surface area contributed by atoms with Crippen LogP contribution in [-0.2, 0) is 16.1 Å². The van der Waals surface area contributed by atoms with Crippen molar-refractivity contribution in [2.45, 2.75) is 13.5 Å². The molecule has 0 aliphatic heterocycles. The van der Waals surface area contributed by atoms with E-state index in [1.54, 1.807) is 30.6 Å². The van der Waals surface area contributed by atoms with Crippen LogP contribution in [0.1, 0.15) is 12.5 Å². The molecule has 2 aromatic rings. The van der Waals surface area contributed by atoms with Crippen LogP contribution in [0.3, 0.4) is 0 Å². The molecule has 0 unspecified atom stereocenters. The highest BCUT2D eigenvalue weighted by Crippen LogP contribution is 2.14. The number of nitrogens with one attached hydrogen (secondary N) is 3. The van der Waals surface area contributed by atoms with Crippen molar-refractivity contribution in [3.05, 3.63) is 54.4 Å². The summed E-state index contributed by atoms with van der Waals surface area (Å²) in [5, 5.41) is 8.51. The Kier molecular flexibility index (Phi) is 5.48. The number of rotatable bonds is 6. The summed E-state index contributed by atoms with van der Waals surface area (Å²) in [5.74, 6) is -0.250. The van der Waals surface area contributed by atoms with E-state index >= 15 is 0 Å². The first-order valence-electron chi connectivity index (χ1n) is 6.90. The molecule has 0 aliphatic rings. The summed E-state index contributed by atoms with van der Waals surface area (Å²) in [6.07, 6.45) is 3.40. The zero-order chi connectivity index (χ0) is 15.8. The number of carbonyl (C=O) groups excluding carboxylic acids is 2. The Morgan fingerprint density at radius 1 is 1.14 bits per heavy atom. The molecule has 0 atom stereocenters. The Balaban J connectivity index is 1.79. The molecule has 0 aliphatic carbocycles. The van der Waals surface area contributed by atoms with Crippen LogP contribution in [0.4, 0.5) is 11.4 Å². The Morgan fingerprint density at radius 3 is 2.68 bits per heavy atom. The van der Waals surface area contributed by atoms with Crippen LogP contribution < -0.4 is 16.0 Å². The Morgan fingerprint density at radius 2 is 1.95 bits per heavy atom. The molecule has 6 nitrogen and oxygen atoms in total. The second kappa shape index (κ2) is 7.78. The minimum atomic E-state index is -0.133. The molecular formula is C16H18N4O2. The fourth-order valence-electron chi connectivity index (χ4n) is 1.86. The van der Waals surface area contributed by atoms with E-state index in [0.29, 0.717) is 12.2 Å². The molecule has 3 N–H and O–H groups in total. The number of hydrogen-bond acceptors (Lipinski definition) is 4. The zero-order valence-electron chi connectivity index (χ0n) is 12.3. The van der Waals surface area contributed by atoms with Gasteiger partial charge >= 0.3 is 0 Å². The molecule has 2 amide bonds. The van der Waals surface area contributed by atoms with Crippen molar-refractivity contribution in [1.29, 1.82) is 0 Å². The van der Waals surface area contributed by atoms with Gasteiger partial charge in [0.1, 0.15) is 0 Å². The number of anilines is 2. The largest absolute Gasteiger partial charge is 0.376 e. The monoisotopic (exact) mass is 298 g/mol. The van der Waals surface area contributed by atoms with Gasteiger partial charge in [-0.25, -0.2) is 0 Å². The molecule has 1 heterocycles. The molecule has 0 fully saturated rings. The summed E-state index contributed by atoms with van der Waals surface area (Å²) in [4.78, 5) is 26.8. The maximum absolute atomic E-state index is 11.8. The Labute approximate surface area is 129 Å². The quantitative estimate of drug-likeness (QED) is 0.759. The van der Waals surface area contributed by atoms with Gasteiger partial charge in [0.05, 0.1) is 6.54 Å². The van der Waals surface area contributed by atoms with Gasteiger partial charge in [-0.15, -0.1) is 0 Å². The van der Waals surface area contributed by atoms with E-state index < -0.39 is 0 Å². The first-order valence-corrected chi connectivity index (χ1v) is 6.90. The van der Waals surface area contributed by atoms with Crippen molar-refractivity contribution >= 4 is 23.2 Å². The van der Waals surface area contributed by atoms with Gasteiger partial charge in [-0.1, -0.05) is 12.1 Å². The minimum Gasteiger partial charge on any atom is -0.376 e. The second-order valence-electron chi connectivity index (χ2n) is 4.75. The first-order chi connectivity index (χ1) is 10.6. The van der Waals surface area contributed by atoms with Crippen molar-refractivity contribution in [2.75, 3.05) is 17.2 Å². The van der Waals surface area contributed by atoms with Gasteiger partial charge in [-0.2, -0.15) is 0 Å². The van der Waals surface area contributed by atoms with E-state index in [1.807, 2.05) is 18.2 Å². The van der Waals surface area contributed by atoms with Gasteiger partial charge in [0.25, 0.3) is 0 Å². The normalized spacial score (nSPS) is 9.86. The molecule has 6 heteroatoms.